The van der Waals surface area contributed by atoms with Gasteiger partial charge in [-0.15, -0.1) is 11.3 Å². The molecule has 4 heteroatoms. The summed E-state index contributed by atoms with van der Waals surface area (Å²) in [5, 5.41) is 0. The number of hydrogen-bond acceptors (Lipinski definition) is 3. The summed E-state index contributed by atoms with van der Waals surface area (Å²) in [7, 11) is 0. The lowest BCUT2D eigenvalue weighted by atomic mass is 10.4. The highest BCUT2D eigenvalue weighted by atomic mass is 35.5. The molecule has 0 radical (unpaired) electrons. The summed E-state index contributed by atoms with van der Waals surface area (Å²) in [5.41, 5.74) is 0. The van der Waals surface area contributed by atoms with Gasteiger partial charge in [0.2, 0.25) is 0 Å². The Labute approximate surface area is 61.4 Å². The van der Waals surface area contributed by atoms with Gasteiger partial charge in [0.1, 0.15) is 6.10 Å². The van der Waals surface area contributed by atoms with Gasteiger partial charge >= 0.3 is 0 Å². The van der Waals surface area contributed by atoms with Gasteiger partial charge in [-0.3, -0.25) is 0 Å². The third kappa shape index (κ3) is 1.08. The fourth-order valence-corrected chi connectivity index (χ4v) is 1.61. The van der Waals surface area contributed by atoms with Crippen LogP contribution in [0.15, 0.2) is 6.20 Å². The maximum Gasteiger partial charge on any atom is 0.183 e. The van der Waals surface area contributed by atoms with Crippen LogP contribution < -0.4 is 0 Å². The van der Waals surface area contributed by atoms with E-state index < -0.39 is 0 Å². The third-order valence-electron chi connectivity index (χ3n) is 1.15. The molecule has 1 fully saturated rings. The lowest BCUT2D eigenvalue weighted by Gasteiger charge is -1.77. The Morgan fingerprint density at radius 1 is 1.89 bits per heavy atom. The first-order valence-electron chi connectivity index (χ1n) is 2.59. The van der Waals surface area contributed by atoms with Crippen molar-refractivity contribution in [1.29, 1.82) is 0 Å². The number of epoxide rings is 1. The second-order valence-corrected chi connectivity index (χ2v) is 3.48. The minimum absolute atomic E-state index is 0.301. The molecule has 0 bridgehead atoms. The molecule has 1 unspecified atom stereocenters. The van der Waals surface area contributed by atoms with Crippen molar-refractivity contribution in [1.82, 2.24) is 4.98 Å². The Kier molecular flexibility index (Phi) is 1.22. The normalized spacial score (nSPS) is 24.3. The molecule has 1 aromatic heterocycles. The van der Waals surface area contributed by atoms with E-state index in [9.17, 15) is 0 Å². The average Bonchev–Trinajstić information content (AvgIpc) is 2.58. The standard InChI is InChI=1S/C5H4ClNOS/c6-5-7-1-4(9-5)3-2-8-3/h1,3H,2H2. The summed E-state index contributed by atoms with van der Waals surface area (Å²) in [4.78, 5) is 5.02. The van der Waals surface area contributed by atoms with E-state index in [1.165, 1.54) is 11.3 Å². The summed E-state index contributed by atoms with van der Waals surface area (Å²) in [5.74, 6) is 0. The van der Waals surface area contributed by atoms with Gasteiger partial charge in [-0.2, -0.15) is 0 Å². The SMILES string of the molecule is Clc1ncc(C2CO2)s1. The molecule has 1 aromatic rings. The van der Waals surface area contributed by atoms with Crippen LogP contribution in [0.1, 0.15) is 11.0 Å². The lowest BCUT2D eigenvalue weighted by Crippen LogP contribution is -1.66. The Hall–Kier alpha value is -0.120. The van der Waals surface area contributed by atoms with Crippen molar-refractivity contribution < 1.29 is 4.74 Å². The Morgan fingerprint density at radius 3 is 3.11 bits per heavy atom. The van der Waals surface area contributed by atoms with Crippen LogP contribution in [0.4, 0.5) is 0 Å². The molecule has 2 heterocycles. The van der Waals surface area contributed by atoms with Gasteiger partial charge in [-0.1, -0.05) is 11.6 Å². The molecule has 2 rings (SSSR count). The molecule has 0 aliphatic carbocycles. The van der Waals surface area contributed by atoms with Crippen LogP contribution in [0.25, 0.3) is 0 Å². The Morgan fingerprint density at radius 2 is 2.67 bits per heavy atom. The molecule has 0 aromatic carbocycles. The first-order chi connectivity index (χ1) is 4.36. The predicted molar refractivity (Wildman–Crippen MR) is 35.8 cm³/mol. The van der Waals surface area contributed by atoms with Crippen LogP contribution in [0.5, 0.6) is 0 Å². The van der Waals surface area contributed by atoms with Crippen LogP contribution in [0, 0.1) is 0 Å². The summed E-state index contributed by atoms with van der Waals surface area (Å²) in [6.07, 6.45) is 2.07. The minimum Gasteiger partial charge on any atom is -0.367 e. The molecular weight excluding hydrogens is 158 g/mol. The monoisotopic (exact) mass is 161 g/mol. The van der Waals surface area contributed by atoms with E-state index in [0.29, 0.717) is 10.6 Å². The maximum atomic E-state index is 5.58. The number of hydrogen-bond donors (Lipinski definition) is 0. The highest BCUT2D eigenvalue weighted by Gasteiger charge is 2.26. The summed E-state index contributed by atoms with van der Waals surface area (Å²) in [6, 6.07) is 0. The van der Waals surface area contributed by atoms with Gasteiger partial charge in [-0.25, -0.2) is 4.98 Å². The van der Waals surface area contributed by atoms with E-state index in [-0.39, 0.29) is 0 Å². The van der Waals surface area contributed by atoms with Gasteiger partial charge in [-0.05, 0) is 0 Å². The van der Waals surface area contributed by atoms with E-state index in [1.54, 1.807) is 6.20 Å². The van der Waals surface area contributed by atoms with Crippen LogP contribution in [0.3, 0.4) is 0 Å². The molecule has 0 spiro atoms. The van der Waals surface area contributed by atoms with Crippen molar-refractivity contribution in [3.8, 4) is 0 Å². The summed E-state index contributed by atoms with van der Waals surface area (Å²) >= 11 is 7.07. The predicted octanol–water partition coefficient (Wildman–Crippen LogP) is 1.87. The van der Waals surface area contributed by atoms with E-state index in [1.807, 2.05) is 0 Å². The van der Waals surface area contributed by atoms with Gasteiger partial charge in [0.15, 0.2) is 4.47 Å². The molecule has 1 atom stereocenters. The molecule has 1 saturated heterocycles. The fourth-order valence-electron chi connectivity index (χ4n) is 0.626. The molecule has 0 N–H and O–H groups in total. The van der Waals surface area contributed by atoms with Crippen molar-refractivity contribution in [2.45, 2.75) is 6.10 Å². The molecule has 1 aliphatic heterocycles. The summed E-state index contributed by atoms with van der Waals surface area (Å²) in [6.45, 7) is 0.832. The number of halogens is 1. The first kappa shape index (κ1) is 5.65. The smallest absolute Gasteiger partial charge is 0.183 e. The second kappa shape index (κ2) is 1.94. The number of nitrogens with zero attached hydrogens (tertiary/aromatic N) is 1. The van der Waals surface area contributed by atoms with Crippen LogP contribution in [0.2, 0.25) is 4.47 Å². The average molecular weight is 162 g/mol. The minimum atomic E-state index is 0.301. The van der Waals surface area contributed by atoms with Gasteiger partial charge in [0.25, 0.3) is 0 Å². The van der Waals surface area contributed by atoms with E-state index in [4.69, 9.17) is 16.3 Å². The van der Waals surface area contributed by atoms with E-state index in [2.05, 4.69) is 4.98 Å². The molecule has 48 valence electrons. The second-order valence-electron chi connectivity index (χ2n) is 1.84. The summed E-state index contributed by atoms with van der Waals surface area (Å²) < 4.78 is 5.62. The zero-order chi connectivity index (χ0) is 6.27. The molecular formula is C5H4ClNOS. The molecule has 9 heavy (non-hydrogen) atoms. The zero-order valence-electron chi connectivity index (χ0n) is 4.50. The highest BCUT2D eigenvalue weighted by Crippen LogP contribution is 2.34. The quantitative estimate of drug-likeness (QED) is 0.588. The van der Waals surface area contributed by atoms with Crippen molar-refractivity contribution in [3.63, 3.8) is 0 Å². The van der Waals surface area contributed by atoms with Gasteiger partial charge in [0.05, 0.1) is 11.5 Å². The van der Waals surface area contributed by atoms with Crippen LogP contribution in [-0.2, 0) is 4.74 Å². The lowest BCUT2D eigenvalue weighted by molar-refractivity contribution is 0.418. The fraction of sp³-hybridized carbons (Fsp3) is 0.400. The van der Waals surface area contributed by atoms with E-state index >= 15 is 0 Å². The largest absolute Gasteiger partial charge is 0.367 e. The van der Waals surface area contributed by atoms with Crippen molar-refractivity contribution >= 4 is 22.9 Å². The Balaban J connectivity index is 2.28. The number of thiazole rings is 1. The number of rotatable bonds is 1. The molecule has 0 amide bonds. The Bertz CT molecular complexity index is 220. The maximum absolute atomic E-state index is 5.58. The van der Waals surface area contributed by atoms with Gasteiger partial charge < -0.3 is 4.74 Å². The van der Waals surface area contributed by atoms with Gasteiger partial charge in [0, 0.05) is 6.20 Å². The number of ether oxygens (including phenoxy) is 1. The zero-order valence-corrected chi connectivity index (χ0v) is 6.08. The third-order valence-corrected chi connectivity index (χ3v) is 2.35. The first-order valence-corrected chi connectivity index (χ1v) is 3.78. The molecule has 2 nitrogen and oxygen atoms in total. The topological polar surface area (TPSA) is 25.4 Å². The van der Waals surface area contributed by atoms with E-state index in [0.717, 1.165) is 11.5 Å². The molecule has 0 saturated carbocycles. The van der Waals surface area contributed by atoms with Crippen molar-refractivity contribution in [3.05, 3.63) is 15.5 Å². The number of aromatic nitrogens is 1. The van der Waals surface area contributed by atoms with Crippen LogP contribution in [-0.4, -0.2) is 11.6 Å². The highest BCUT2D eigenvalue weighted by molar-refractivity contribution is 7.15. The molecule has 1 aliphatic rings. The van der Waals surface area contributed by atoms with Crippen molar-refractivity contribution in [2.24, 2.45) is 0 Å². The van der Waals surface area contributed by atoms with Crippen molar-refractivity contribution in [2.75, 3.05) is 6.61 Å². The van der Waals surface area contributed by atoms with Crippen LogP contribution >= 0.6 is 22.9 Å².